The molecule has 0 atom stereocenters. The maximum absolute atomic E-state index is 6.27. The van der Waals surface area contributed by atoms with Crippen LogP contribution in [0, 0.1) is 0 Å². The Kier molecular flexibility index (Phi) is 3.53. The standard InChI is InChI=1S/C11H14ClNO3/c1-2-8-7(6-16-13)5-9-11(10(8)12)15-4-3-14-9/h5H,2-4,6,13H2,1H3. The van der Waals surface area contributed by atoms with Crippen molar-refractivity contribution in [1.29, 1.82) is 0 Å². The molecule has 0 amide bonds. The van der Waals surface area contributed by atoms with Gasteiger partial charge in [0, 0.05) is 0 Å². The van der Waals surface area contributed by atoms with E-state index < -0.39 is 0 Å². The van der Waals surface area contributed by atoms with Crippen molar-refractivity contribution >= 4 is 11.6 Å². The van der Waals surface area contributed by atoms with Gasteiger partial charge in [0.15, 0.2) is 11.5 Å². The molecule has 5 heteroatoms. The lowest BCUT2D eigenvalue weighted by molar-refractivity contribution is 0.122. The van der Waals surface area contributed by atoms with Crippen LogP contribution in [0.2, 0.25) is 5.02 Å². The van der Waals surface area contributed by atoms with E-state index in [0.29, 0.717) is 36.3 Å². The molecule has 16 heavy (non-hydrogen) atoms. The molecule has 1 aliphatic heterocycles. The largest absolute Gasteiger partial charge is 0.486 e. The molecular formula is C11H14ClNO3. The van der Waals surface area contributed by atoms with Gasteiger partial charge in [0.2, 0.25) is 0 Å². The van der Waals surface area contributed by atoms with Gasteiger partial charge in [-0.25, -0.2) is 5.90 Å². The fraction of sp³-hybridized carbons (Fsp3) is 0.455. The molecule has 0 saturated carbocycles. The van der Waals surface area contributed by atoms with E-state index in [4.69, 9.17) is 27.0 Å². The van der Waals surface area contributed by atoms with E-state index in [2.05, 4.69) is 4.84 Å². The first kappa shape index (κ1) is 11.5. The van der Waals surface area contributed by atoms with Crippen molar-refractivity contribution in [3.63, 3.8) is 0 Å². The molecule has 0 fully saturated rings. The van der Waals surface area contributed by atoms with Crippen molar-refractivity contribution < 1.29 is 14.3 Å². The molecule has 0 radical (unpaired) electrons. The highest BCUT2D eigenvalue weighted by Crippen LogP contribution is 2.41. The third-order valence-corrected chi connectivity index (χ3v) is 2.96. The highest BCUT2D eigenvalue weighted by atomic mass is 35.5. The molecule has 0 aliphatic carbocycles. The Bertz CT molecular complexity index is 395. The van der Waals surface area contributed by atoms with Gasteiger partial charge in [0.05, 0.1) is 11.6 Å². The zero-order valence-electron chi connectivity index (χ0n) is 9.09. The van der Waals surface area contributed by atoms with Crippen LogP contribution in [0.3, 0.4) is 0 Å². The summed E-state index contributed by atoms with van der Waals surface area (Å²) >= 11 is 6.27. The SMILES string of the molecule is CCc1c(CON)cc2c(c1Cl)OCCO2. The summed E-state index contributed by atoms with van der Waals surface area (Å²) in [7, 11) is 0. The highest BCUT2D eigenvalue weighted by Gasteiger charge is 2.20. The third kappa shape index (κ3) is 1.96. The second-order valence-corrected chi connectivity index (χ2v) is 3.89. The van der Waals surface area contributed by atoms with Crippen molar-refractivity contribution in [2.45, 2.75) is 20.0 Å². The average Bonchev–Trinajstić information content (AvgIpc) is 2.30. The predicted octanol–water partition coefficient (Wildman–Crippen LogP) is 2.06. The fourth-order valence-corrected chi connectivity index (χ4v) is 2.24. The van der Waals surface area contributed by atoms with Gasteiger partial charge < -0.3 is 9.47 Å². The summed E-state index contributed by atoms with van der Waals surface area (Å²) in [5.74, 6) is 6.39. The van der Waals surface area contributed by atoms with E-state index in [1.807, 2.05) is 13.0 Å². The highest BCUT2D eigenvalue weighted by molar-refractivity contribution is 6.33. The number of nitrogens with two attached hydrogens (primary N) is 1. The number of halogens is 1. The molecule has 0 aromatic heterocycles. The molecule has 4 nitrogen and oxygen atoms in total. The molecule has 2 N–H and O–H groups in total. The quantitative estimate of drug-likeness (QED) is 0.826. The van der Waals surface area contributed by atoms with Gasteiger partial charge >= 0.3 is 0 Å². The van der Waals surface area contributed by atoms with Crippen LogP contribution in [0.25, 0.3) is 0 Å². The van der Waals surface area contributed by atoms with Gasteiger partial charge in [0.25, 0.3) is 0 Å². The number of ether oxygens (including phenoxy) is 2. The van der Waals surface area contributed by atoms with Crippen molar-refractivity contribution in [3.05, 3.63) is 22.2 Å². The molecule has 1 aromatic carbocycles. The Labute approximate surface area is 99.2 Å². The van der Waals surface area contributed by atoms with Crippen LogP contribution in [0.4, 0.5) is 0 Å². The van der Waals surface area contributed by atoms with Crippen LogP contribution in [-0.4, -0.2) is 13.2 Å². The van der Waals surface area contributed by atoms with Gasteiger partial charge in [-0.1, -0.05) is 18.5 Å². The summed E-state index contributed by atoms with van der Waals surface area (Å²) in [4.78, 5) is 4.66. The van der Waals surface area contributed by atoms with Crippen molar-refractivity contribution in [2.24, 2.45) is 5.90 Å². The average molecular weight is 244 g/mol. The monoisotopic (exact) mass is 243 g/mol. The molecule has 88 valence electrons. The van der Waals surface area contributed by atoms with Gasteiger partial charge in [0.1, 0.15) is 13.2 Å². The first-order valence-corrected chi connectivity index (χ1v) is 5.57. The minimum absolute atomic E-state index is 0.319. The number of hydrogen-bond acceptors (Lipinski definition) is 4. The normalized spacial score (nSPS) is 13.9. The third-order valence-electron chi connectivity index (χ3n) is 2.56. The van der Waals surface area contributed by atoms with Crippen molar-refractivity contribution in [2.75, 3.05) is 13.2 Å². The van der Waals surface area contributed by atoms with E-state index in [1.54, 1.807) is 0 Å². The topological polar surface area (TPSA) is 53.7 Å². The van der Waals surface area contributed by atoms with Crippen LogP contribution in [-0.2, 0) is 17.9 Å². The smallest absolute Gasteiger partial charge is 0.180 e. The Balaban J connectivity index is 2.50. The summed E-state index contributed by atoms with van der Waals surface area (Å²) in [5.41, 5.74) is 1.94. The van der Waals surface area contributed by atoms with Gasteiger partial charge in [-0.3, -0.25) is 4.84 Å². The van der Waals surface area contributed by atoms with E-state index in [-0.39, 0.29) is 0 Å². The minimum Gasteiger partial charge on any atom is -0.486 e. The maximum Gasteiger partial charge on any atom is 0.180 e. The van der Waals surface area contributed by atoms with Crippen LogP contribution in [0.5, 0.6) is 11.5 Å². The van der Waals surface area contributed by atoms with Gasteiger partial charge in [-0.15, -0.1) is 0 Å². The Morgan fingerprint density at radius 2 is 2.19 bits per heavy atom. The molecule has 0 saturated heterocycles. The fourth-order valence-electron chi connectivity index (χ4n) is 1.83. The lowest BCUT2D eigenvalue weighted by Crippen LogP contribution is -2.17. The van der Waals surface area contributed by atoms with Crippen molar-refractivity contribution in [1.82, 2.24) is 0 Å². The molecule has 0 spiro atoms. The summed E-state index contributed by atoms with van der Waals surface area (Å²) in [5, 5.41) is 0.603. The summed E-state index contributed by atoms with van der Waals surface area (Å²) in [6.07, 6.45) is 0.800. The summed E-state index contributed by atoms with van der Waals surface area (Å²) in [6, 6.07) is 1.88. The van der Waals surface area contributed by atoms with E-state index in [9.17, 15) is 0 Å². The number of hydrogen-bond donors (Lipinski definition) is 1. The molecule has 1 aliphatic rings. The maximum atomic E-state index is 6.27. The summed E-state index contributed by atoms with van der Waals surface area (Å²) < 4.78 is 11.0. The number of rotatable bonds is 3. The van der Waals surface area contributed by atoms with Crippen molar-refractivity contribution in [3.8, 4) is 11.5 Å². The first-order valence-electron chi connectivity index (χ1n) is 5.19. The van der Waals surface area contributed by atoms with Gasteiger partial charge in [-0.2, -0.15) is 0 Å². The van der Waals surface area contributed by atoms with Crippen LogP contribution in [0.15, 0.2) is 6.07 Å². The molecule has 0 unspecified atom stereocenters. The second-order valence-electron chi connectivity index (χ2n) is 3.52. The van der Waals surface area contributed by atoms with E-state index in [0.717, 1.165) is 17.5 Å². The number of fused-ring (bicyclic) bond motifs is 1. The second kappa shape index (κ2) is 4.91. The molecule has 0 bridgehead atoms. The zero-order valence-corrected chi connectivity index (χ0v) is 9.84. The van der Waals surface area contributed by atoms with Crippen LogP contribution >= 0.6 is 11.6 Å². The Morgan fingerprint density at radius 1 is 1.44 bits per heavy atom. The molecular weight excluding hydrogens is 230 g/mol. The molecule has 1 aromatic rings. The number of benzene rings is 1. The zero-order chi connectivity index (χ0) is 11.5. The van der Waals surface area contributed by atoms with E-state index >= 15 is 0 Å². The van der Waals surface area contributed by atoms with Gasteiger partial charge in [-0.05, 0) is 23.6 Å². The molecule has 2 rings (SSSR count). The first-order chi connectivity index (χ1) is 7.77. The Morgan fingerprint density at radius 3 is 2.88 bits per heavy atom. The summed E-state index contributed by atoms with van der Waals surface area (Å²) in [6.45, 7) is 3.41. The predicted molar refractivity (Wildman–Crippen MR) is 60.8 cm³/mol. The van der Waals surface area contributed by atoms with E-state index in [1.165, 1.54) is 0 Å². The van der Waals surface area contributed by atoms with Crippen LogP contribution < -0.4 is 15.4 Å². The Hall–Kier alpha value is -0.970. The minimum atomic E-state index is 0.319. The lowest BCUT2D eigenvalue weighted by Gasteiger charge is -2.22. The van der Waals surface area contributed by atoms with Crippen LogP contribution in [0.1, 0.15) is 18.1 Å². The molecule has 1 heterocycles. The lowest BCUT2D eigenvalue weighted by atomic mass is 10.0.